The number of nitrogens with zero attached hydrogens (tertiary/aromatic N) is 1. The number of hydrogen-bond donors (Lipinski definition) is 1. The molecule has 1 atom stereocenters. The van der Waals surface area contributed by atoms with Gasteiger partial charge >= 0.3 is 0 Å². The summed E-state index contributed by atoms with van der Waals surface area (Å²) in [6.45, 7) is 3.23. The molecule has 1 heterocycles. The zero-order chi connectivity index (χ0) is 11.4. The summed E-state index contributed by atoms with van der Waals surface area (Å²) >= 11 is 3.41. The number of pyridine rings is 1. The molecular formula is C13H19BrN2. The number of aromatic nitrogens is 1. The molecule has 1 unspecified atom stereocenters. The lowest BCUT2D eigenvalue weighted by Gasteiger charge is -2.17. The molecule has 2 rings (SSSR count). The fourth-order valence-corrected chi connectivity index (χ4v) is 2.30. The van der Waals surface area contributed by atoms with E-state index in [0.29, 0.717) is 6.04 Å². The molecule has 1 fully saturated rings. The van der Waals surface area contributed by atoms with E-state index in [2.05, 4.69) is 45.3 Å². The number of halogens is 1. The first-order valence-electron chi connectivity index (χ1n) is 6.11. The molecule has 0 radical (unpaired) electrons. The summed E-state index contributed by atoms with van der Waals surface area (Å²) in [6, 6.07) is 4.79. The van der Waals surface area contributed by atoms with E-state index in [-0.39, 0.29) is 0 Å². The minimum atomic E-state index is 0.603. The second-order valence-corrected chi connectivity index (χ2v) is 5.52. The summed E-state index contributed by atoms with van der Waals surface area (Å²) < 4.78 is 1.05. The van der Waals surface area contributed by atoms with Crippen LogP contribution in [0.15, 0.2) is 22.8 Å². The Hall–Kier alpha value is -0.410. The predicted molar refractivity (Wildman–Crippen MR) is 70.4 cm³/mol. The van der Waals surface area contributed by atoms with Crippen LogP contribution in [0, 0.1) is 5.92 Å². The Morgan fingerprint density at radius 2 is 2.31 bits per heavy atom. The Kier molecular flexibility index (Phi) is 4.36. The SMILES string of the molecule is CCNC(Cc1ccc(Br)cn1)CC1CC1. The van der Waals surface area contributed by atoms with Crippen LogP contribution in [0.4, 0.5) is 0 Å². The van der Waals surface area contributed by atoms with Crippen LogP contribution in [-0.2, 0) is 6.42 Å². The van der Waals surface area contributed by atoms with Crippen LogP contribution in [0.1, 0.15) is 31.9 Å². The molecule has 3 heteroatoms. The molecule has 1 N–H and O–H groups in total. The van der Waals surface area contributed by atoms with Gasteiger partial charge in [0.05, 0.1) is 0 Å². The van der Waals surface area contributed by atoms with Gasteiger partial charge in [-0.3, -0.25) is 4.98 Å². The Morgan fingerprint density at radius 1 is 1.50 bits per heavy atom. The average molecular weight is 283 g/mol. The van der Waals surface area contributed by atoms with Gasteiger partial charge in [0.2, 0.25) is 0 Å². The van der Waals surface area contributed by atoms with Gasteiger partial charge in [-0.25, -0.2) is 0 Å². The lowest BCUT2D eigenvalue weighted by molar-refractivity contribution is 0.462. The fourth-order valence-electron chi connectivity index (χ4n) is 2.06. The maximum atomic E-state index is 4.44. The molecule has 0 bridgehead atoms. The number of likely N-dealkylation sites (N-methyl/N-ethyl adjacent to an activating group) is 1. The van der Waals surface area contributed by atoms with Crippen molar-refractivity contribution in [3.8, 4) is 0 Å². The van der Waals surface area contributed by atoms with Gasteiger partial charge in [0.1, 0.15) is 0 Å². The van der Waals surface area contributed by atoms with E-state index in [4.69, 9.17) is 0 Å². The predicted octanol–water partition coefficient (Wildman–Crippen LogP) is 3.16. The van der Waals surface area contributed by atoms with Gasteiger partial charge in [-0.2, -0.15) is 0 Å². The van der Waals surface area contributed by atoms with Crippen molar-refractivity contribution in [2.75, 3.05) is 6.54 Å². The van der Waals surface area contributed by atoms with E-state index in [9.17, 15) is 0 Å². The molecule has 0 aromatic carbocycles. The number of nitrogens with one attached hydrogen (secondary N) is 1. The van der Waals surface area contributed by atoms with Crippen molar-refractivity contribution in [2.24, 2.45) is 5.92 Å². The zero-order valence-electron chi connectivity index (χ0n) is 9.75. The quantitative estimate of drug-likeness (QED) is 0.867. The minimum absolute atomic E-state index is 0.603. The topological polar surface area (TPSA) is 24.9 Å². The van der Waals surface area contributed by atoms with E-state index >= 15 is 0 Å². The summed E-state index contributed by atoms with van der Waals surface area (Å²) in [5.41, 5.74) is 1.19. The molecule has 1 aromatic heterocycles. The maximum Gasteiger partial charge on any atom is 0.0419 e. The average Bonchev–Trinajstić information content (AvgIpc) is 3.06. The molecule has 0 aliphatic heterocycles. The van der Waals surface area contributed by atoms with Crippen molar-refractivity contribution in [1.82, 2.24) is 10.3 Å². The third-order valence-corrected chi connectivity index (χ3v) is 3.52. The summed E-state index contributed by atoms with van der Waals surface area (Å²) in [4.78, 5) is 4.44. The third-order valence-electron chi connectivity index (χ3n) is 3.05. The van der Waals surface area contributed by atoms with E-state index < -0.39 is 0 Å². The van der Waals surface area contributed by atoms with Gasteiger partial charge in [-0.05, 0) is 46.9 Å². The lowest BCUT2D eigenvalue weighted by atomic mass is 10.0. The van der Waals surface area contributed by atoms with Crippen molar-refractivity contribution < 1.29 is 0 Å². The number of rotatable bonds is 6. The van der Waals surface area contributed by atoms with Gasteiger partial charge < -0.3 is 5.32 Å². The van der Waals surface area contributed by atoms with Gasteiger partial charge in [-0.1, -0.05) is 19.8 Å². The highest BCUT2D eigenvalue weighted by Crippen LogP contribution is 2.34. The summed E-state index contributed by atoms with van der Waals surface area (Å²) in [5.74, 6) is 0.972. The van der Waals surface area contributed by atoms with Gasteiger partial charge in [0.15, 0.2) is 0 Å². The van der Waals surface area contributed by atoms with Crippen LogP contribution in [0.2, 0.25) is 0 Å². The standard InChI is InChI=1S/C13H19BrN2/c1-2-15-13(7-10-3-4-10)8-12-6-5-11(14)9-16-12/h5-6,9-10,13,15H,2-4,7-8H2,1H3. The first-order valence-corrected chi connectivity index (χ1v) is 6.91. The molecular weight excluding hydrogens is 264 g/mol. The first-order chi connectivity index (χ1) is 7.78. The monoisotopic (exact) mass is 282 g/mol. The number of hydrogen-bond acceptors (Lipinski definition) is 2. The highest BCUT2D eigenvalue weighted by molar-refractivity contribution is 9.10. The molecule has 1 aliphatic rings. The third kappa shape index (κ3) is 3.87. The van der Waals surface area contributed by atoms with Crippen molar-refractivity contribution >= 4 is 15.9 Å². The highest BCUT2D eigenvalue weighted by atomic mass is 79.9. The lowest BCUT2D eigenvalue weighted by Crippen LogP contribution is -2.31. The Morgan fingerprint density at radius 3 is 2.88 bits per heavy atom. The van der Waals surface area contributed by atoms with E-state index in [1.54, 1.807) is 0 Å². The first kappa shape index (κ1) is 12.1. The fraction of sp³-hybridized carbons (Fsp3) is 0.615. The largest absolute Gasteiger partial charge is 0.314 e. The smallest absolute Gasteiger partial charge is 0.0419 e. The van der Waals surface area contributed by atoms with E-state index in [1.165, 1.54) is 25.0 Å². The van der Waals surface area contributed by atoms with Gasteiger partial charge in [0.25, 0.3) is 0 Å². The van der Waals surface area contributed by atoms with Crippen LogP contribution in [0.25, 0.3) is 0 Å². The van der Waals surface area contributed by atoms with Crippen molar-refractivity contribution in [2.45, 2.75) is 38.6 Å². The van der Waals surface area contributed by atoms with Crippen LogP contribution in [0.3, 0.4) is 0 Å². The molecule has 0 saturated heterocycles. The Bertz CT molecular complexity index is 319. The van der Waals surface area contributed by atoms with Gasteiger partial charge in [0, 0.05) is 28.8 Å². The van der Waals surface area contributed by atoms with E-state index in [0.717, 1.165) is 23.4 Å². The minimum Gasteiger partial charge on any atom is -0.314 e. The van der Waals surface area contributed by atoms with Crippen molar-refractivity contribution in [1.29, 1.82) is 0 Å². The summed E-state index contributed by atoms with van der Waals surface area (Å²) in [6.07, 6.45) is 7.10. The van der Waals surface area contributed by atoms with Crippen molar-refractivity contribution in [3.05, 3.63) is 28.5 Å². The molecule has 1 aromatic rings. The zero-order valence-corrected chi connectivity index (χ0v) is 11.3. The molecule has 0 spiro atoms. The summed E-state index contributed by atoms with van der Waals surface area (Å²) in [5, 5.41) is 3.57. The van der Waals surface area contributed by atoms with Crippen LogP contribution in [0.5, 0.6) is 0 Å². The van der Waals surface area contributed by atoms with E-state index in [1.807, 2.05) is 6.20 Å². The molecule has 2 nitrogen and oxygen atoms in total. The normalized spacial score (nSPS) is 17.4. The Balaban J connectivity index is 1.90. The highest BCUT2D eigenvalue weighted by Gasteiger charge is 2.25. The molecule has 0 amide bonds. The second-order valence-electron chi connectivity index (χ2n) is 4.61. The second kappa shape index (κ2) is 5.78. The van der Waals surface area contributed by atoms with Crippen LogP contribution < -0.4 is 5.32 Å². The molecule has 16 heavy (non-hydrogen) atoms. The van der Waals surface area contributed by atoms with Gasteiger partial charge in [-0.15, -0.1) is 0 Å². The maximum absolute atomic E-state index is 4.44. The molecule has 88 valence electrons. The Labute approximate surface area is 106 Å². The molecule has 1 aliphatic carbocycles. The van der Waals surface area contributed by atoms with Crippen molar-refractivity contribution in [3.63, 3.8) is 0 Å². The summed E-state index contributed by atoms with van der Waals surface area (Å²) in [7, 11) is 0. The molecule has 1 saturated carbocycles. The van der Waals surface area contributed by atoms with Crippen LogP contribution in [-0.4, -0.2) is 17.6 Å². The van der Waals surface area contributed by atoms with Crippen LogP contribution >= 0.6 is 15.9 Å².